The van der Waals surface area contributed by atoms with Crippen molar-refractivity contribution in [2.75, 3.05) is 0 Å². The molecule has 0 radical (unpaired) electrons. The van der Waals surface area contributed by atoms with Gasteiger partial charge in [0.15, 0.2) is 0 Å². The second-order valence-electron chi connectivity index (χ2n) is 6.32. The summed E-state index contributed by atoms with van der Waals surface area (Å²) in [6, 6.07) is 23.3. The topological polar surface area (TPSA) is 52.9 Å². The molecule has 0 aromatic heterocycles. The van der Waals surface area contributed by atoms with E-state index in [1.165, 1.54) is 5.01 Å². The van der Waals surface area contributed by atoms with Gasteiger partial charge in [0.25, 0.3) is 5.91 Å². The van der Waals surface area contributed by atoms with E-state index >= 15 is 0 Å². The summed E-state index contributed by atoms with van der Waals surface area (Å²) in [5, 5.41) is 16.7. The van der Waals surface area contributed by atoms with Crippen LogP contribution in [0.25, 0.3) is 0 Å². The summed E-state index contributed by atoms with van der Waals surface area (Å²) in [6.07, 6.45) is 0.512. The Morgan fingerprint density at radius 1 is 0.963 bits per heavy atom. The van der Waals surface area contributed by atoms with Gasteiger partial charge < -0.3 is 5.11 Å². The van der Waals surface area contributed by atoms with Gasteiger partial charge in [-0.15, -0.1) is 0 Å². The Balaban J connectivity index is 1.78. The molecule has 134 valence electrons. The molecule has 1 heterocycles. The van der Waals surface area contributed by atoms with E-state index in [0.717, 1.165) is 11.3 Å². The smallest absolute Gasteiger partial charge is 0.276 e. The molecular formula is C22H17ClN2O2. The minimum absolute atomic E-state index is 0.143. The van der Waals surface area contributed by atoms with Crippen LogP contribution in [0, 0.1) is 0 Å². The molecule has 0 saturated carbocycles. The highest BCUT2D eigenvalue weighted by Crippen LogP contribution is 2.38. The van der Waals surface area contributed by atoms with Crippen molar-refractivity contribution in [2.45, 2.75) is 12.5 Å². The zero-order chi connectivity index (χ0) is 18.8. The van der Waals surface area contributed by atoms with Crippen LogP contribution in [-0.2, 0) is 0 Å². The van der Waals surface area contributed by atoms with E-state index in [2.05, 4.69) is 5.10 Å². The SMILES string of the molecule is O=C(c1ccccc1Cl)N1N=C(c2ccccc2)C[C@H]1c1ccccc1O. The number of rotatable bonds is 3. The Bertz CT molecular complexity index is 1020. The van der Waals surface area contributed by atoms with Gasteiger partial charge in [-0.25, -0.2) is 5.01 Å². The highest BCUT2D eigenvalue weighted by molar-refractivity contribution is 6.33. The second-order valence-corrected chi connectivity index (χ2v) is 6.73. The molecule has 3 aromatic carbocycles. The molecule has 0 bridgehead atoms. The predicted molar refractivity (Wildman–Crippen MR) is 106 cm³/mol. The fraction of sp³-hybridized carbons (Fsp3) is 0.0909. The first-order valence-corrected chi connectivity index (χ1v) is 9.02. The maximum atomic E-state index is 13.2. The van der Waals surface area contributed by atoms with Crippen molar-refractivity contribution >= 4 is 23.2 Å². The Hall–Kier alpha value is -3.11. The quantitative estimate of drug-likeness (QED) is 0.696. The van der Waals surface area contributed by atoms with E-state index in [1.807, 2.05) is 42.5 Å². The summed E-state index contributed by atoms with van der Waals surface area (Å²) in [4.78, 5) is 13.2. The second kappa shape index (κ2) is 7.25. The number of carbonyl (C=O) groups is 1. The molecular weight excluding hydrogens is 360 g/mol. The molecule has 1 aliphatic heterocycles. The molecule has 3 aromatic rings. The number of benzene rings is 3. The standard InChI is InChI=1S/C22H17ClN2O2/c23-18-12-6-4-10-16(18)22(27)25-20(17-11-5-7-13-21(17)26)14-19(24-25)15-8-2-1-3-9-15/h1-13,20,26H,14H2/t20-/m0/s1. The summed E-state index contributed by atoms with van der Waals surface area (Å²) in [6.45, 7) is 0. The largest absolute Gasteiger partial charge is 0.508 e. The van der Waals surface area contributed by atoms with Gasteiger partial charge in [0.1, 0.15) is 5.75 Å². The van der Waals surface area contributed by atoms with Crippen molar-refractivity contribution in [1.29, 1.82) is 0 Å². The van der Waals surface area contributed by atoms with Gasteiger partial charge in [0.2, 0.25) is 0 Å². The summed E-state index contributed by atoms with van der Waals surface area (Å²) in [5.41, 5.74) is 2.79. The zero-order valence-corrected chi connectivity index (χ0v) is 15.2. The molecule has 0 aliphatic carbocycles. The van der Waals surface area contributed by atoms with Crippen LogP contribution in [0.5, 0.6) is 5.75 Å². The van der Waals surface area contributed by atoms with Gasteiger partial charge in [0, 0.05) is 12.0 Å². The third-order valence-corrected chi connectivity index (χ3v) is 4.96. The maximum absolute atomic E-state index is 13.2. The minimum atomic E-state index is -0.398. The molecule has 0 saturated heterocycles. The molecule has 1 N–H and O–H groups in total. The fourth-order valence-electron chi connectivity index (χ4n) is 3.27. The lowest BCUT2D eigenvalue weighted by Gasteiger charge is -2.23. The summed E-state index contributed by atoms with van der Waals surface area (Å²) in [5.74, 6) is -0.149. The average molecular weight is 377 g/mol. The summed E-state index contributed by atoms with van der Waals surface area (Å²) < 4.78 is 0. The predicted octanol–water partition coefficient (Wildman–Crippen LogP) is 5.04. The van der Waals surface area contributed by atoms with Gasteiger partial charge in [-0.05, 0) is 23.8 Å². The number of para-hydroxylation sites is 1. The third kappa shape index (κ3) is 3.32. The van der Waals surface area contributed by atoms with Gasteiger partial charge in [-0.1, -0.05) is 72.3 Å². The van der Waals surface area contributed by atoms with E-state index in [-0.39, 0.29) is 11.7 Å². The number of amides is 1. The number of nitrogens with zero attached hydrogens (tertiary/aromatic N) is 2. The first-order chi connectivity index (χ1) is 13.1. The molecule has 5 heteroatoms. The first-order valence-electron chi connectivity index (χ1n) is 8.64. The molecule has 1 aliphatic rings. The zero-order valence-electron chi connectivity index (χ0n) is 14.4. The van der Waals surface area contributed by atoms with Gasteiger partial charge in [-0.2, -0.15) is 5.10 Å². The van der Waals surface area contributed by atoms with Crippen LogP contribution in [0.15, 0.2) is 84.0 Å². The van der Waals surface area contributed by atoms with E-state index in [4.69, 9.17) is 11.6 Å². The number of aromatic hydroxyl groups is 1. The molecule has 0 unspecified atom stereocenters. The summed E-state index contributed by atoms with van der Waals surface area (Å²) >= 11 is 6.23. The van der Waals surface area contributed by atoms with E-state index < -0.39 is 6.04 Å². The van der Waals surface area contributed by atoms with Crippen LogP contribution in [0.4, 0.5) is 0 Å². The van der Waals surface area contributed by atoms with Crippen LogP contribution in [0.2, 0.25) is 5.02 Å². The van der Waals surface area contributed by atoms with Gasteiger partial charge >= 0.3 is 0 Å². The van der Waals surface area contributed by atoms with Crippen LogP contribution < -0.4 is 0 Å². The number of carbonyl (C=O) groups excluding carboxylic acids is 1. The molecule has 4 rings (SSSR count). The van der Waals surface area contributed by atoms with Crippen LogP contribution in [0.1, 0.15) is 33.9 Å². The minimum Gasteiger partial charge on any atom is -0.508 e. The fourth-order valence-corrected chi connectivity index (χ4v) is 3.49. The molecule has 27 heavy (non-hydrogen) atoms. The lowest BCUT2D eigenvalue weighted by molar-refractivity contribution is 0.0710. The number of hydrogen-bond donors (Lipinski definition) is 1. The van der Waals surface area contributed by atoms with Crippen molar-refractivity contribution in [3.63, 3.8) is 0 Å². The van der Waals surface area contributed by atoms with Crippen LogP contribution in [0.3, 0.4) is 0 Å². The van der Waals surface area contributed by atoms with Crippen LogP contribution >= 0.6 is 11.6 Å². The average Bonchev–Trinajstić information content (AvgIpc) is 3.14. The summed E-state index contributed by atoms with van der Waals surface area (Å²) in [7, 11) is 0. The molecule has 0 spiro atoms. The molecule has 4 nitrogen and oxygen atoms in total. The monoisotopic (exact) mass is 376 g/mol. The van der Waals surface area contributed by atoms with Gasteiger partial charge in [0.05, 0.1) is 22.3 Å². The molecule has 0 fully saturated rings. The Morgan fingerprint density at radius 2 is 1.63 bits per heavy atom. The van der Waals surface area contributed by atoms with E-state index in [1.54, 1.807) is 36.4 Å². The number of phenolic OH excluding ortho intramolecular Hbond substituents is 1. The van der Waals surface area contributed by atoms with Crippen molar-refractivity contribution < 1.29 is 9.90 Å². The van der Waals surface area contributed by atoms with Crippen LogP contribution in [-0.4, -0.2) is 21.7 Å². The highest BCUT2D eigenvalue weighted by atomic mass is 35.5. The highest BCUT2D eigenvalue weighted by Gasteiger charge is 2.35. The molecule has 1 atom stereocenters. The van der Waals surface area contributed by atoms with E-state index in [9.17, 15) is 9.90 Å². The Kier molecular flexibility index (Phi) is 4.65. The lowest BCUT2D eigenvalue weighted by Crippen LogP contribution is -2.27. The number of hydrazone groups is 1. The van der Waals surface area contributed by atoms with Crippen molar-refractivity contribution in [1.82, 2.24) is 5.01 Å². The Labute approximate surface area is 162 Å². The number of halogens is 1. The Morgan fingerprint density at radius 3 is 2.37 bits per heavy atom. The lowest BCUT2D eigenvalue weighted by atomic mass is 9.97. The van der Waals surface area contributed by atoms with Crippen molar-refractivity contribution in [2.24, 2.45) is 5.10 Å². The van der Waals surface area contributed by atoms with E-state index in [0.29, 0.717) is 22.6 Å². The first kappa shape index (κ1) is 17.3. The molecule has 1 amide bonds. The third-order valence-electron chi connectivity index (χ3n) is 4.63. The normalized spacial score (nSPS) is 16.3. The number of phenols is 1. The van der Waals surface area contributed by atoms with Crippen molar-refractivity contribution in [3.05, 3.63) is 101 Å². The van der Waals surface area contributed by atoms with Gasteiger partial charge in [-0.3, -0.25) is 4.79 Å². The number of hydrogen-bond acceptors (Lipinski definition) is 3. The maximum Gasteiger partial charge on any atom is 0.276 e. The van der Waals surface area contributed by atoms with Crippen molar-refractivity contribution in [3.8, 4) is 5.75 Å².